The Labute approximate surface area is 122 Å². The van der Waals surface area contributed by atoms with Gasteiger partial charge in [-0.15, -0.1) is 0 Å². The number of fused-ring (bicyclic) bond motifs is 1. The lowest BCUT2D eigenvalue weighted by Crippen LogP contribution is -2.37. The lowest BCUT2D eigenvalue weighted by molar-refractivity contribution is -0.128. The van der Waals surface area contributed by atoms with Crippen LogP contribution in [0.4, 0.5) is 0 Å². The molecular formula is C14H26N2O3S. The highest BCUT2D eigenvalue weighted by Gasteiger charge is 2.32. The van der Waals surface area contributed by atoms with Crippen LogP contribution in [0, 0.1) is 17.8 Å². The van der Waals surface area contributed by atoms with Crippen LogP contribution in [0.3, 0.4) is 0 Å². The van der Waals surface area contributed by atoms with Gasteiger partial charge in [0.15, 0.2) is 9.84 Å². The first kappa shape index (κ1) is 15.8. The van der Waals surface area contributed by atoms with Gasteiger partial charge in [0.1, 0.15) is 5.75 Å². The number of likely N-dealkylation sites (tertiary alicyclic amines) is 1. The van der Waals surface area contributed by atoms with Crippen molar-refractivity contribution in [1.29, 1.82) is 0 Å². The van der Waals surface area contributed by atoms with Crippen LogP contribution >= 0.6 is 0 Å². The van der Waals surface area contributed by atoms with Gasteiger partial charge >= 0.3 is 0 Å². The molecule has 0 radical (unpaired) electrons. The summed E-state index contributed by atoms with van der Waals surface area (Å²) < 4.78 is 23.8. The van der Waals surface area contributed by atoms with E-state index < -0.39 is 9.84 Å². The molecule has 1 N–H and O–H groups in total. The van der Waals surface area contributed by atoms with Gasteiger partial charge in [0.05, 0.1) is 5.75 Å². The average molecular weight is 302 g/mol. The Hall–Kier alpha value is -0.620. The minimum atomic E-state index is -3.26. The van der Waals surface area contributed by atoms with Gasteiger partial charge in [-0.3, -0.25) is 4.79 Å². The summed E-state index contributed by atoms with van der Waals surface area (Å²) in [5, 5.41) is 3.40. The van der Waals surface area contributed by atoms with E-state index in [9.17, 15) is 13.2 Å². The number of carbonyl (C=O) groups is 1. The predicted octanol–water partition coefficient (Wildman–Crippen LogP) is 0.515. The molecule has 0 aliphatic carbocycles. The van der Waals surface area contributed by atoms with Crippen molar-refractivity contribution in [3.05, 3.63) is 0 Å². The molecule has 2 rings (SSSR count). The van der Waals surface area contributed by atoms with Gasteiger partial charge in [0.25, 0.3) is 0 Å². The fraction of sp³-hybridized carbons (Fsp3) is 0.929. The largest absolute Gasteiger partial charge is 0.342 e. The number of amides is 1. The SMILES string of the molecule is CC(C)CS(=O)(=O)CC(=O)N1CC[C@@H]2CNC[C@@H]2CC1. The van der Waals surface area contributed by atoms with E-state index in [2.05, 4.69) is 5.32 Å². The maximum Gasteiger partial charge on any atom is 0.237 e. The van der Waals surface area contributed by atoms with Gasteiger partial charge in [-0.1, -0.05) is 13.8 Å². The zero-order chi connectivity index (χ0) is 14.8. The molecule has 1 amide bonds. The van der Waals surface area contributed by atoms with Crippen molar-refractivity contribution in [3.8, 4) is 0 Å². The topological polar surface area (TPSA) is 66.5 Å². The highest BCUT2D eigenvalue weighted by atomic mass is 32.2. The van der Waals surface area contributed by atoms with E-state index in [0.29, 0.717) is 24.9 Å². The first-order chi connectivity index (χ1) is 9.37. The van der Waals surface area contributed by atoms with Crippen LogP contribution in [0.25, 0.3) is 0 Å². The molecule has 0 aromatic heterocycles. The summed E-state index contributed by atoms with van der Waals surface area (Å²) >= 11 is 0. The first-order valence-electron chi connectivity index (χ1n) is 7.56. The van der Waals surface area contributed by atoms with Gasteiger partial charge in [-0.05, 0) is 43.7 Å². The normalized spacial score (nSPS) is 27.4. The number of hydrogen-bond acceptors (Lipinski definition) is 4. The Morgan fingerprint density at radius 1 is 1.20 bits per heavy atom. The maximum atomic E-state index is 12.2. The molecule has 2 saturated heterocycles. The van der Waals surface area contributed by atoms with Crippen LogP contribution in [0.1, 0.15) is 26.7 Å². The molecule has 116 valence electrons. The van der Waals surface area contributed by atoms with Gasteiger partial charge in [0, 0.05) is 13.1 Å². The van der Waals surface area contributed by atoms with E-state index >= 15 is 0 Å². The summed E-state index contributed by atoms with van der Waals surface area (Å²) in [6.45, 7) is 7.22. The van der Waals surface area contributed by atoms with Crippen LogP contribution < -0.4 is 5.32 Å². The number of hydrogen-bond donors (Lipinski definition) is 1. The molecule has 0 bridgehead atoms. The van der Waals surface area contributed by atoms with Crippen molar-refractivity contribution in [1.82, 2.24) is 10.2 Å². The van der Waals surface area contributed by atoms with Crippen molar-refractivity contribution in [2.45, 2.75) is 26.7 Å². The quantitative estimate of drug-likeness (QED) is 0.822. The van der Waals surface area contributed by atoms with E-state index in [1.54, 1.807) is 4.90 Å². The highest BCUT2D eigenvalue weighted by Crippen LogP contribution is 2.27. The lowest BCUT2D eigenvalue weighted by Gasteiger charge is -2.21. The number of nitrogens with one attached hydrogen (secondary N) is 1. The summed E-state index contributed by atoms with van der Waals surface area (Å²) in [6.07, 6.45) is 1.99. The standard InChI is InChI=1S/C14H26N2O3S/c1-11(2)9-20(18,19)10-14(17)16-5-3-12-7-15-8-13(12)4-6-16/h11-13,15H,3-10H2,1-2H3/t12-,13+. The molecule has 5 nitrogen and oxygen atoms in total. The third kappa shape index (κ3) is 4.19. The lowest BCUT2D eigenvalue weighted by atomic mass is 9.92. The molecule has 0 spiro atoms. The third-order valence-corrected chi connectivity index (χ3v) is 6.16. The molecule has 2 heterocycles. The summed E-state index contributed by atoms with van der Waals surface area (Å²) in [7, 11) is -3.26. The Morgan fingerprint density at radius 2 is 1.75 bits per heavy atom. The molecule has 2 atom stereocenters. The molecule has 0 aromatic carbocycles. The number of sulfone groups is 1. The van der Waals surface area contributed by atoms with Crippen molar-refractivity contribution in [2.75, 3.05) is 37.7 Å². The van der Waals surface area contributed by atoms with Crippen LogP contribution in [0.2, 0.25) is 0 Å². The number of nitrogens with zero attached hydrogens (tertiary/aromatic N) is 1. The molecule has 6 heteroatoms. The second-order valence-electron chi connectivity index (χ2n) is 6.58. The van der Waals surface area contributed by atoms with Crippen molar-refractivity contribution in [2.24, 2.45) is 17.8 Å². The summed E-state index contributed by atoms with van der Waals surface area (Å²) in [5.41, 5.74) is 0. The van der Waals surface area contributed by atoms with Crippen LogP contribution in [0.5, 0.6) is 0 Å². The molecular weight excluding hydrogens is 276 g/mol. The van der Waals surface area contributed by atoms with E-state index in [-0.39, 0.29) is 23.3 Å². The van der Waals surface area contributed by atoms with Gasteiger partial charge in [-0.2, -0.15) is 0 Å². The smallest absolute Gasteiger partial charge is 0.237 e. The zero-order valence-corrected chi connectivity index (χ0v) is 13.3. The second-order valence-corrected chi connectivity index (χ2v) is 8.69. The third-order valence-electron chi connectivity index (χ3n) is 4.30. The van der Waals surface area contributed by atoms with Crippen LogP contribution in [-0.4, -0.2) is 56.9 Å². The van der Waals surface area contributed by atoms with E-state index in [4.69, 9.17) is 0 Å². The summed E-state index contributed by atoms with van der Waals surface area (Å²) in [6, 6.07) is 0. The molecule has 2 aliphatic heterocycles. The zero-order valence-electron chi connectivity index (χ0n) is 12.5. The Bertz CT molecular complexity index is 433. The molecule has 0 saturated carbocycles. The van der Waals surface area contributed by atoms with E-state index in [1.165, 1.54) is 0 Å². The molecule has 2 aliphatic rings. The summed E-state index contributed by atoms with van der Waals surface area (Å²) in [5.74, 6) is 0.946. The van der Waals surface area contributed by atoms with E-state index in [0.717, 1.165) is 25.9 Å². The van der Waals surface area contributed by atoms with Gasteiger partial charge in [-0.25, -0.2) is 8.42 Å². The minimum Gasteiger partial charge on any atom is -0.342 e. The Morgan fingerprint density at radius 3 is 2.25 bits per heavy atom. The van der Waals surface area contributed by atoms with Gasteiger partial charge < -0.3 is 10.2 Å². The fourth-order valence-corrected chi connectivity index (χ4v) is 5.01. The predicted molar refractivity (Wildman–Crippen MR) is 79.2 cm³/mol. The first-order valence-corrected chi connectivity index (χ1v) is 9.38. The molecule has 2 fully saturated rings. The van der Waals surface area contributed by atoms with Crippen LogP contribution in [-0.2, 0) is 14.6 Å². The maximum absolute atomic E-state index is 12.2. The molecule has 20 heavy (non-hydrogen) atoms. The Kier molecular flexibility index (Phi) is 5.07. The molecule has 0 aromatic rings. The number of rotatable bonds is 4. The Balaban J connectivity index is 1.90. The minimum absolute atomic E-state index is 0.0716. The van der Waals surface area contributed by atoms with E-state index in [1.807, 2.05) is 13.8 Å². The fourth-order valence-electron chi connectivity index (χ4n) is 3.31. The van der Waals surface area contributed by atoms with Crippen LogP contribution in [0.15, 0.2) is 0 Å². The van der Waals surface area contributed by atoms with Crippen molar-refractivity contribution >= 4 is 15.7 Å². The average Bonchev–Trinajstić information content (AvgIpc) is 2.65. The van der Waals surface area contributed by atoms with Crippen molar-refractivity contribution in [3.63, 3.8) is 0 Å². The second kappa shape index (κ2) is 6.43. The highest BCUT2D eigenvalue weighted by molar-refractivity contribution is 7.92. The summed E-state index contributed by atoms with van der Waals surface area (Å²) in [4.78, 5) is 14.0. The monoisotopic (exact) mass is 302 g/mol. The van der Waals surface area contributed by atoms with Crippen molar-refractivity contribution < 1.29 is 13.2 Å². The molecule has 0 unspecified atom stereocenters. The van der Waals surface area contributed by atoms with Gasteiger partial charge in [0.2, 0.25) is 5.91 Å². The number of carbonyl (C=O) groups excluding carboxylic acids is 1.